The van der Waals surface area contributed by atoms with E-state index in [1.54, 1.807) is 7.11 Å². The van der Waals surface area contributed by atoms with Crippen molar-refractivity contribution >= 4 is 6.09 Å². The van der Waals surface area contributed by atoms with Gasteiger partial charge in [0.15, 0.2) is 0 Å². The molecule has 3 heterocycles. The van der Waals surface area contributed by atoms with E-state index in [1.807, 2.05) is 4.90 Å². The Labute approximate surface area is 206 Å². The minimum Gasteiger partial charge on any atom is -0.443 e. The molecule has 7 atom stereocenters. The summed E-state index contributed by atoms with van der Waals surface area (Å²) in [5.41, 5.74) is 0.793. The molecule has 3 aliphatic heterocycles. The summed E-state index contributed by atoms with van der Waals surface area (Å²) >= 11 is 0. The second kappa shape index (κ2) is 10.5. The van der Waals surface area contributed by atoms with Crippen LogP contribution in [0.2, 0.25) is 0 Å². The summed E-state index contributed by atoms with van der Waals surface area (Å²) < 4.78 is 24.6. The summed E-state index contributed by atoms with van der Waals surface area (Å²) in [6, 6.07) is 0.268. The zero-order chi connectivity index (χ0) is 24.5. The predicted octanol–water partition coefficient (Wildman–Crippen LogP) is 4.40. The van der Waals surface area contributed by atoms with Crippen LogP contribution in [0.4, 0.5) is 4.79 Å². The molecule has 3 saturated heterocycles. The highest BCUT2D eigenvalue weighted by Gasteiger charge is 2.72. The van der Waals surface area contributed by atoms with Crippen LogP contribution in [-0.2, 0) is 18.9 Å². The van der Waals surface area contributed by atoms with Gasteiger partial charge in [-0.1, -0.05) is 25.5 Å². The molecule has 4 rings (SSSR count). The van der Waals surface area contributed by atoms with Gasteiger partial charge in [-0.05, 0) is 72.4 Å². The third kappa shape index (κ3) is 5.18. The maximum absolute atomic E-state index is 13.3. The van der Waals surface area contributed by atoms with E-state index < -0.39 is 0 Å². The van der Waals surface area contributed by atoms with Crippen molar-refractivity contribution in [3.8, 4) is 0 Å². The quantitative estimate of drug-likeness (QED) is 0.343. The zero-order valence-electron chi connectivity index (χ0n) is 22.2. The summed E-state index contributed by atoms with van der Waals surface area (Å²) in [7, 11) is 1.74. The van der Waals surface area contributed by atoms with Crippen LogP contribution in [0.25, 0.3) is 0 Å². The Balaban J connectivity index is 1.41. The topological polar surface area (TPSA) is 67.1 Å². The summed E-state index contributed by atoms with van der Waals surface area (Å²) in [5, 5.41) is 0. The van der Waals surface area contributed by atoms with E-state index in [4.69, 9.17) is 18.9 Å². The van der Waals surface area contributed by atoms with Crippen molar-refractivity contribution in [3.63, 3.8) is 0 Å². The van der Waals surface area contributed by atoms with Gasteiger partial charge < -0.3 is 28.7 Å². The fourth-order valence-corrected chi connectivity index (χ4v) is 6.52. The maximum atomic E-state index is 13.3. The van der Waals surface area contributed by atoms with Crippen LogP contribution in [0.1, 0.15) is 73.1 Å². The van der Waals surface area contributed by atoms with Crippen LogP contribution < -0.4 is 0 Å². The Morgan fingerprint density at radius 3 is 2.59 bits per heavy atom. The summed E-state index contributed by atoms with van der Waals surface area (Å²) in [6.07, 6.45) is 7.39. The second-order valence-corrected chi connectivity index (χ2v) is 11.1. The van der Waals surface area contributed by atoms with Gasteiger partial charge in [-0.25, -0.2) is 4.79 Å². The second-order valence-electron chi connectivity index (χ2n) is 11.1. The monoisotopic (exact) mass is 478 g/mol. The van der Waals surface area contributed by atoms with Crippen molar-refractivity contribution in [2.45, 2.75) is 109 Å². The van der Waals surface area contributed by atoms with Gasteiger partial charge in [-0.2, -0.15) is 0 Å². The van der Waals surface area contributed by atoms with Gasteiger partial charge in [0.1, 0.15) is 23.4 Å². The molecule has 0 aromatic carbocycles. The molecule has 1 saturated carbocycles. The molecule has 34 heavy (non-hydrogen) atoms. The molecule has 7 heteroatoms. The Morgan fingerprint density at radius 1 is 1.24 bits per heavy atom. The lowest BCUT2D eigenvalue weighted by molar-refractivity contribution is -0.122. The van der Waals surface area contributed by atoms with Crippen molar-refractivity contribution in [1.29, 1.82) is 0 Å². The predicted molar refractivity (Wildman–Crippen MR) is 132 cm³/mol. The zero-order valence-corrected chi connectivity index (χ0v) is 22.2. The number of carbonyl (C=O) groups is 1. The van der Waals surface area contributed by atoms with Crippen LogP contribution in [0.5, 0.6) is 0 Å². The summed E-state index contributed by atoms with van der Waals surface area (Å²) in [6.45, 7) is 15.5. The van der Waals surface area contributed by atoms with Crippen LogP contribution >= 0.6 is 0 Å². The molecule has 0 aromatic heterocycles. The third-order valence-corrected chi connectivity index (χ3v) is 8.77. The van der Waals surface area contributed by atoms with Crippen LogP contribution in [-0.4, -0.2) is 91.3 Å². The first-order chi connectivity index (χ1) is 16.3. The molecule has 0 radical (unpaired) electrons. The van der Waals surface area contributed by atoms with Gasteiger partial charge in [0, 0.05) is 26.2 Å². The van der Waals surface area contributed by atoms with E-state index >= 15 is 0 Å². The average Bonchev–Trinajstić information content (AvgIpc) is 3.67. The van der Waals surface area contributed by atoms with Crippen LogP contribution in [0, 0.1) is 5.92 Å². The van der Waals surface area contributed by atoms with Gasteiger partial charge in [0.25, 0.3) is 0 Å². The lowest BCUT2D eigenvalue weighted by Gasteiger charge is -2.43. The highest BCUT2D eigenvalue weighted by atomic mass is 16.6. The molecule has 4 fully saturated rings. The minimum absolute atomic E-state index is 0.0594. The molecule has 0 bridgehead atoms. The highest BCUT2D eigenvalue weighted by Crippen LogP contribution is 2.59. The smallest absolute Gasteiger partial charge is 0.410 e. The van der Waals surface area contributed by atoms with Crippen molar-refractivity contribution < 1.29 is 23.7 Å². The Kier molecular flexibility index (Phi) is 7.97. The molecule has 0 unspecified atom stereocenters. The van der Waals surface area contributed by atoms with Crippen LogP contribution in [0.15, 0.2) is 11.6 Å². The number of carbonyl (C=O) groups excluding carboxylic acids is 1. The first-order valence-electron chi connectivity index (χ1n) is 13.5. The Morgan fingerprint density at radius 2 is 1.97 bits per heavy atom. The Hall–Kier alpha value is -1.15. The fourth-order valence-electron chi connectivity index (χ4n) is 6.52. The summed E-state index contributed by atoms with van der Waals surface area (Å²) in [5.74, 6) is 0.0594. The first-order valence-corrected chi connectivity index (χ1v) is 13.5. The standard InChI is InChI=1S/C27H46N2O5/c1-7-28(8-2)17-14-20-10-9-16-29(20)25(30)33-21-13-15-27(18-32-27)24(23(21)31-6)26(5)22(34-26)12-11-19(3)4/h11,20-24H,7-10,12-18H2,1-6H3/t20-,21-,22-,23-,24-,26+,27+/m1/s1. The largest absolute Gasteiger partial charge is 0.443 e. The maximum Gasteiger partial charge on any atom is 0.410 e. The molecule has 0 aromatic rings. The van der Waals surface area contributed by atoms with Crippen molar-refractivity contribution in [2.24, 2.45) is 5.92 Å². The van der Waals surface area contributed by atoms with E-state index in [1.165, 1.54) is 5.57 Å². The van der Waals surface area contributed by atoms with Crippen LogP contribution in [0.3, 0.4) is 0 Å². The van der Waals surface area contributed by atoms with Gasteiger partial charge in [0.2, 0.25) is 0 Å². The number of ether oxygens (including phenoxy) is 4. The van der Waals surface area contributed by atoms with Crippen molar-refractivity contribution in [2.75, 3.05) is 39.9 Å². The number of nitrogens with zero attached hydrogens (tertiary/aromatic N) is 2. The lowest BCUT2D eigenvalue weighted by atomic mass is 9.68. The molecule has 4 aliphatic rings. The number of hydrogen-bond donors (Lipinski definition) is 0. The lowest BCUT2D eigenvalue weighted by Crippen LogP contribution is -2.56. The molecule has 1 aliphatic carbocycles. The number of likely N-dealkylation sites (tertiary alicyclic amines) is 1. The number of hydrogen-bond acceptors (Lipinski definition) is 6. The van der Waals surface area contributed by atoms with E-state index in [9.17, 15) is 4.79 Å². The summed E-state index contributed by atoms with van der Waals surface area (Å²) in [4.78, 5) is 17.7. The third-order valence-electron chi connectivity index (χ3n) is 8.77. The highest BCUT2D eigenvalue weighted by molar-refractivity contribution is 5.68. The van der Waals surface area contributed by atoms with E-state index in [-0.39, 0.29) is 47.6 Å². The number of epoxide rings is 2. The van der Waals surface area contributed by atoms with Gasteiger partial charge in [-0.15, -0.1) is 0 Å². The molecule has 1 amide bonds. The normalized spacial score (nSPS) is 38.9. The molecule has 0 N–H and O–H groups in total. The number of amides is 1. The number of allylic oxidation sites excluding steroid dienone is 1. The van der Waals surface area contributed by atoms with E-state index in [0.29, 0.717) is 0 Å². The molecule has 194 valence electrons. The number of rotatable bonds is 10. The van der Waals surface area contributed by atoms with Gasteiger partial charge >= 0.3 is 6.09 Å². The average molecular weight is 479 g/mol. The van der Waals surface area contributed by atoms with E-state index in [2.05, 4.69) is 45.6 Å². The molecule has 1 spiro atoms. The minimum atomic E-state index is -0.311. The van der Waals surface area contributed by atoms with Crippen molar-refractivity contribution in [1.82, 2.24) is 9.80 Å². The SMILES string of the molecule is CCN(CC)CC[C@H]1CCCN1C(=O)O[C@@H]1CC[C@]2(CO2)[C@@H]([C@@]2(C)O[C@@H]2CC=C(C)C)[C@@H]1OC. The first kappa shape index (κ1) is 25.9. The van der Waals surface area contributed by atoms with Gasteiger partial charge in [0.05, 0.1) is 18.6 Å². The fraction of sp³-hybridized carbons (Fsp3) is 0.889. The van der Waals surface area contributed by atoms with E-state index in [0.717, 1.165) is 71.3 Å². The molecular formula is C27H46N2O5. The number of methoxy groups -OCH3 is 1. The molecule has 7 nitrogen and oxygen atoms in total. The van der Waals surface area contributed by atoms with Crippen molar-refractivity contribution in [3.05, 3.63) is 11.6 Å². The molecular weight excluding hydrogens is 432 g/mol. The van der Waals surface area contributed by atoms with Gasteiger partial charge in [-0.3, -0.25) is 0 Å². The Bertz CT molecular complexity index is 745.